The van der Waals surface area contributed by atoms with Crippen molar-refractivity contribution in [2.24, 2.45) is 0 Å². The Kier molecular flexibility index (Phi) is 3.45. The first-order chi connectivity index (χ1) is 6.24. The topological polar surface area (TPSA) is 43.3 Å². The molecule has 0 unspecified atom stereocenters. The van der Waals surface area contributed by atoms with Crippen LogP contribution in [-0.2, 0) is 4.74 Å². The molecule has 70 valence electrons. The lowest BCUT2D eigenvalue weighted by Gasteiger charge is -2.06. The number of hydrogen-bond donors (Lipinski definition) is 1. The van der Waals surface area contributed by atoms with Crippen LogP contribution in [0.3, 0.4) is 0 Å². The van der Waals surface area contributed by atoms with Gasteiger partial charge in [0, 0.05) is 12.4 Å². The van der Waals surface area contributed by atoms with E-state index >= 15 is 0 Å². The molecule has 0 fully saturated rings. The highest BCUT2D eigenvalue weighted by Gasteiger charge is 2.04. The van der Waals surface area contributed by atoms with Crippen molar-refractivity contribution in [1.82, 2.24) is 9.88 Å². The summed E-state index contributed by atoms with van der Waals surface area (Å²) in [6, 6.07) is 3.64. The summed E-state index contributed by atoms with van der Waals surface area (Å²) in [6.07, 6.45) is 2.96. The number of amides is 1. The van der Waals surface area contributed by atoms with E-state index in [1.165, 1.54) is 0 Å². The van der Waals surface area contributed by atoms with Gasteiger partial charge in [0.15, 0.2) is 5.11 Å². The molecule has 0 aliphatic rings. The van der Waals surface area contributed by atoms with Crippen LogP contribution in [0.25, 0.3) is 0 Å². The Balaban J connectivity index is 2.47. The van der Waals surface area contributed by atoms with Crippen LogP contribution in [-0.4, -0.2) is 22.4 Å². The van der Waals surface area contributed by atoms with E-state index in [2.05, 4.69) is 10.1 Å². The fourth-order valence-corrected chi connectivity index (χ4v) is 0.994. The summed E-state index contributed by atoms with van der Waals surface area (Å²) in [5.74, 6) is 0. The fourth-order valence-electron chi connectivity index (χ4n) is 0.789. The number of hydrogen-bond acceptors (Lipinski definition) is 3. The summed E-state index contributed by atoms with van der Waals surface area (Å²) in [5.41, 5.74) is 0. The van der Waals surface area contributed by atoms with Gasteiger partial charge in [0.05, 0.1) is 6.61 Å². The number of carbonyl (C=O) groups excluding carboxylic acids is 1. The summed E-state index contributed by atoms with van der Waals surface area (Å²) in [5, 5.41) is 2.73. The Bertz CT molecular complexity index is 295. The van der Waals surface area contributed by atoms with E-state index in [4.69, 9.17) is 12.2 Å². The van der Waals surface area contributed by atoms with E-state index in [9.17, 15) is 4.79 Å². The van der Waals surface area contributed by atoms with Gasteiger partial charge in [0.1, 0.15) is 0 Å². The third-order valence-corrected chi connectivity index (χ3v) is 1.64. The monoisotopic (exact) mass is 198 g/mol. The second-order valence-electron chi connectivity index (χ2n) is 2.24. The zero-order valence-corrected chi connectivity index (χ0v) is 8.00. The van der Waals surface area contributed by atoms with Crippen LogP contribution < -0.4 is 5.32 Å². The van der Waals surface area contributed by atoms with Gasteiger partial charge in [-0.1, -0.05) is 0 Å². The first-order valence-corrected chi connectivity index (χ1v) is 4.26. The van der Waals surface area contributed by atoms with Crippen LogP contribution in [0.2, 0.25) is 0 Å². The van der Waals surface area contributed by atoms with Crippen molar-refractivity contribution in [2.75, 3.05) is 6.61 Å². The SMILES string of the molecule is CCOC(=O)NC(=S)n1cccc1. The molecule has 0 bridgehead atoms. The van der Waals surface area contributed by atoms with Gasteiger partial charge in [0.25, 0.3) is 0 Å². The summed E-state index contributed by atoms with van der Waals surface area (Å²) >= 11 is 4.92. The van der Waals surface area contributed by atoms with Crippen molar-refractivity contribution < 1.29 is 9.53 Å². The Morgan fingerprint density at radius 2 is 2.15 bits per heavy atom. The maximum absolute atomic E-state index is 10.9. The second kappa shape index (κ2) is 4.61. The molecular formula is C8H10N2O2S. The Labute approximate surface area is 81.5 Å². The molecule has 0 atom stereocenters. The number of carbonyl (C=O) groups is 1. The molecule has 1 amide bonds. The standard InChI is InChI=1S/C8H10N2O2S/c1-2-12-8(11)9-7(13)10-5-3-4-6-10/h3-6H,2H2,1H3,(H,9,11,13). The molecule has 5 heteroatoms. The number of thiocarbonyl (C=S) groups is 1. The quantitative estimate of drug-likeness (QED) is 0.693. The summed E-state index contributed by atoms with van der Waals surface area (Å²) in [6.45, 7) is 2.07. The number of nitrogens with one attached hydrogen (secondary N) is 1. The van der Waals surface area contributed by atoms with Crippen LogP contribution in [0.4, 0.5) is 4.79 Å². The lowest BCUT2D eigenvalue weighted by atomic mass is 10.7. The van der Waals surface area contributed by atoms with E-state index in [-0.39, 0.29) is 0 Å². The van der Waals surface area contributed by atoms with Crippen LogP contribution in [0.5, 0.6) is 0 Å². The molecule has 0 aromatic carbocycles. The van der Waals surface area contributed by atoms with E-state index in [1.54, 1.807) is 23.9 Å². The average molecular weight is 198 g/mol. The minimum atomic E-state index is -0.527. The first-order valence-electron chi connectivity index (χ1n) is 3.85. The molecule has 0 aliphatic carbocycles. The Morgan fingerprint density at radius 3 is 2.69 bits per heavy atom. The number of alkyl carbamates (subject to hydrolysis) is 1. The number of ether oxygens (including phenoxy) is 1. The molecule has 1 N–H and O–H groups in total. The lowest BCUT2D eigenvalue weighted by Crippen LogP contribution is -2.33. The van der Waals surface area contributed by atoms with Gasteiger partial charge in [-0.15, -0.1) is 0 Å². The zero-order chi connectivity index (χ0) is 9.68. The summed E-state index contributed by atoms with van der Waals surface area (Å²) in [7, 11) is 0. The maximum atomic E-state index is 10.9. The zero-order valence-electron chi connectivity index (χ0n) is 7.19. The molecule has 1 heterocycles. The molecule has 0 radical (unpaired) electrons. The predicted octanol–water partition coefficient (Wildman–Crippen LogP) is 1.37. The van der Waals surface area contributed by atoms with Gasteiger partial charge in [0.2, 0.25) is 0 Å². The molecule has 0 saturated heterocycles. The van der Waals surface area contributed by atoms with Gasteiger partial charge < -0.3 is 9.30 Å². The molecule has 1 aromatic rings. The third kappa shape index (κ3) is 2.87. The van der Waals surface area contributed by atoms with Gasteiger partial charge in [-0.2, -0.15) is 0 Å². The van der Waals surface area contributed by atoms with E-state index in [0.717, 1.165) is 0 Å². The smallest absolute Gasteiger partial charge is 0.413 e. The van der Waals surface area contributed by atoms with E-state index in [1.807, 2.05) is 12.1 Å². The highest BCUT2D eigenvalue weighted by molar-refractivity contribution is 7.80. The maximum Gasteiger partial charge on any atom is 0.413 e. The van der Waals surface area contributed by atoms with Crippen LogP contribution in [0.15, 0.2) is 24.5 Å². The van der Waals surface area contributed by atoms with Crippen molar-refractivity contribution in [2.45, 2.75) is 6.92 Å². The second-order valence-corrected chi connectivity index (χ2v) is 2.63. The van der Waals surface area contributed by atoms with Gasteiger partial charge in [-0.3, -0.25) is 5.32 Å². The molecular weight excluding hydrogens is 188 g/mol. The first kappa shape index (κ1) is 9.73. The molecule has 1 rings (SSSR count). The van der Waals surface area contributed by atoms with Gasteiger partial charge in [-0.05, 0) is 31.3 Å². The Hall–Kier alpha value is -1.36. The molecule has 0 spiro atoms. The van der Waals surface area contributed by atoms with Crippen molar-refractivity contribution >= 4 is 23.4 Å². The minimum Gasteiger partial charge on any atom is -0.450 e. The minimum absolute atomic E-state index is 0.309. The number of nitrogens with zero attached hydrogens (tertiary/aromatic N) is 1. The van der Waals surface area contributed by atoms with Crippen LogP contribution in [0, 0.1) is 0 Å². The Morgan fingerprint density at radius 1 is 1.54 bits per heavy atom. The number of rotatable bonds is 1. The summed E-state index contributed by atoms with van der Waals surface area (Å²) in [4.78, 5) is 10.9. The number of aromatic nitrogens is 1. The van der Waals surface area contributed by atoms with Crippen LogP contribution in [0.1, 0.15) is 6.92 Å². The molecule has 4 nitrogen and oxygen atoms in total. The fraction of sp³-hybridized carbons (Fsp3) is 0.250. The van der Waals surface area contributed by atoms with Crippen molar-refractivity contribution in [3.8, 4) is 0 Å². The average Bonchev–Trinajstić information content (AvgIpc) is 2.55. The normalized spacial score (nSPS) is 9.31. The summed E-state index contributed by atoms with van der Waals surface area (Å²) < 4.78 is 6.28. The molecule has 1 aromatic heterocycles. The predicted molar refractivity (Wildman–Crippen MR) is 52.6 cm³/mol. The van der Waals surface area contributed by atoms with Crippen molar-refractivity contribution in [3.63, 3.8) is 0 Å². The third-order valence-electron chi connectivity index (χ3n) is 1.32. The molecule has 13 heavy (non-hydrogen) atoms. The van der Waals surface area contributed by atoms with E-state index < -0.39 is 6.09 Å². The van der Waals surface area contributed by atoms with Gasteiger partial charge >= 0.3 is 6.09 Å². The highest BCUT2D eigenvalue weighted by Crippen LogP contribution is 1.89. The van der Waals surface area contributed by atoms with Crippen LogP contribution >= 0.6 is 12.2 Å². The molecule has 0 aliphatic heterocycles. The lowest BCUT2D eigenvalue weighted by molar-refractivity contribution is 0.157. The van der Waals surface area contributed by atoms with Crippen molar-refractivity contribution in [3.05, 3.63) is 24.5 Å². The highest BCUT2D eigenvalue weighted by atomic mass is 32.1. The largest absolute Gasteiger partial charge is 0.450 e. The molecule has 0 saturated carbocycles. The van der Waals surface area contributed by atoms with Gasteiger partial charge in [-0.25, -0.2) is 4.79 Å². The van der Waals surface area contributed by atoms with E-state index in [0.29, 0.717) is 11.7 Å². The van der Waals surface area contributed by atoms with Crippen molar-refractivity contribution in [1.29, 1.82) is 0 Å².